The first-order valence-electron chi connectivity index (χ1n) is 10.2. The fraction of sp³-hybridized carbons (Fsp3) is 0.240. The Labute approximate surface area is 180 Å². The molecule has 158 valence electrons. The summed E-state index contributed by atoms with van der Waals surface area (Å²) in [6.07, 6.45) is 2.56. The van der Waals surface area contributed by atoms with Crippen molar-refractivity contribution in [2.45, 2.75) is 25.9 Å². The number of benzene rings is 2. The summed E-state index contributed by atoms with van der Waals surface area (Å²) in [5.41, 5.74) is 4.79. The Balaban J connectivity index is 1.79. The summed E-state index contributed by atoms with van der Waals surface area (Å²) in [6.45, 7) is 1.58. The van der Waals surface area contributed by atoms with E-state index in [-0.39, 0.29) is 11.7 Å². The van der Waals surface area contributed by atoms with E-state index in [1.165, 1.54) is 4.90 Å². The van der Waals surface area contributed by atoms with E-state index in [2.05, 4.69) is 0 Å². The lowest BCUT2D eigenvalue weighted by molar-refractivity contribution is -0.137. The van der Waals surface area contributed by atoms with E-state index in [9.17, 15) is 14.7 Å². The number of esters is 1. The molecule has 0 fully saturated rings. The maximum absolute atomic E-state index is 13.2. The van der Waals surface area contributed by atoms with Gasteiger partial charge in [0.25, 0.3) is 5.91 Å². The second-order valence-corrected chi connectivity index (χ2v) is 7.87. The number of carbonyl (C=O) groups excluding carboxylic acids is 2. The summed E-state index contributed by atoms with van der Waals surface area (Å²) in [4.78, 5) is 31.6. The van der Waals surface area contributed by atoms with Gasteiger partial charge in [-0.3, -0.25) is 4.79 Å². The van der Waals surface area contributed by atoms with Crippen molar-refractivity contribution in [1.82, 2.24) is 9.88 Å². The minimum atomic E-state index is -0.876. The first-order chi connectivity index (χ1) is 14.8. The molecular weight excluding hydrogens is 392 g/mol. The zero-order valence-electron chi connectivity index (χ0n) is 17.8. The number of pyridine rings is 1. The molecule has 4 rings (SSSR count). The number of para-hydroxylation sites is 1. The third-order valence-corrected chi connectivity index (χ3v) is 5.45. The molecule has 0 saturated heterocycles. The van der Waals surface area contributed by atoms with Crippen LogP contribution in [0.2, 0.25) is 0 Å². The summed E-state index contributed by atoms with van der Waals surface area (Å²) in [6, 6.07) is 14.4. The van der Waals surface area contributed by atoms with Crippen LogP contribution >= 0.6 is 0 Å². The Morgan fingerprint density at radius 2 is 1.81 bits per heavy atom. The number of ether oxygens (including phenoxy) is 1. The molecule has 0 aliphatic heterocycles. The number of hydrogen-bond donors (Lipinski definition) is 1. The fourth-order valence-corrected chi connectivity index (χ4v) is 3.92. The summed E-state index contributed by atoms with van der Waals surface area (Å²) < 4.78 is 5.55. The SMILES string of the molecule is C[C@@H](OC(=O)c1c2c(nc3ccccc13)/C(=C/c1ccc(O)cc1)CC2)C(=O)N(C)C. The van der Waals surface area contributed by atoms with Gasteiger partial charge in [0.05, 0.1) is 16.8 Å². The quantitative estimate of drug-likeness (QED) is 0.649. The van der Waals surface area contributed by atoms with Crippen molar-refractivity contribution in [3.05, 3.63) is 70.9 Å². The lowest BCUT2D eigenvalue weighted by Gasteiger charge is -2.18. The largest absolute Gasteiger partial charge is 0.508 e. The Bertz CT molecular complexity index is 1200. The van der Waals surface area contributed by atoms with Crippen molar-refractivity contribution < 1.29 is 19.4 Å². The molecule has 0 bridgehead atoms. The van der Waals surface area contributed by atoms with Crippen LogP contribution in [0, 0.1) is 0 Å². The number of phenols is 1. The average molecular weight is 416 g/mol. The number of aromatic hydroxyl groups is 1. The van der Waals surface area contributed by atoms with Gasteiger partial charge in [-0.1, -0.05) is 30.3 Å². The minimum Gasteiger partial charge on any atom is -0.508 e. The molecule has 1 aliphatic rings. The highest BCUT2D eigenvalue weighted by Gasteiger charge is 2.29. The fourth-order valence-electron chi connectivity index (χ4n) is 3.92. The number of allylic oxidation sites excluding steroid dienone is 1. The number of fused-ring (bicyclic) bond motifs is 2. The van der Waals surface area contributed by atoms with Crippen LogP contribution in [-0.4, -0.2) is 47.1 Å². The molecule has 1 N–H and O–H groups in total. The van der Waals surface area contributed by atoms with Crippen molar-refractivity contribution in [2.75, 3.05) is 14.1 Å². The van der Waals surface area contributed by atoms with Crippen LogP contribution in [0.25, 0.3) is 22.6 Å². The van der Waals surface area contributed by atoms with Gasteiger partial charge in [-0.25, -0.2) is 9.78 Å². The van der Waals surface area contributed by atoms with Crippen LogP contribution < -0.4 is 0 Å². The monoisotopic (exact) mass is 416 g/mol. The van der Waals surface area contributed by atoms with Gasteiger partial charge in [-0.2, -0.15) is 0 Å². The number of amides is 1. The second-order valence-electron chi connectivity index (χ2n) is 7.87. The molecule has 1 aliphatic carbocycles. The van der Waals surface area contributed by atoms with Crippen molar-refractivity contribution in [2.24, 2.45) is 0 Å². The number of aromatic nitrogens is 1. The first-order valence-corrected chi connectivity index (χ1v) is 10.2. The normalized spacial score (nSPS) is 15.0. The van der Waals surface area contributed by atoms with Crippen LogP contribution in [-0.2, 0) is 16.0 Å². The maximum Gasteiger partial charge on any atom is 0.339 e. The third-order valence-electron chi connectivity index (χ3n) is 5.45. The van der Waals surface area contributed by atoms with Crippen molar-refractivity contribution in [3.63, 3.8) is 0 Å². The molecule has 3 aromatic rings. The molecule has 0 radical (unpaired) electrons. The van der Waals surface area contributed by atoms with Gasteiger partial charge in [0.15, 0.2) is 6.10 Å². The predicted molar refractivity (Wildman–Crippen MR) is 120 cm³/mol. The van der Waals surface area contributed by atoms with Crippen molar-refractivity contribution in [3.8, 4) is 5.75 Å². The Kier molecular flexibility index (Phi) is 5.46. The standard InChI is InChI=1S/C25H24N2O4/c1-15(24(29)27(2)3)31-25(30)22-19-6-4-5-7-21(19)26-23-17(10-13-20(22)23)14-16-8-11-18(28)12-9-16/h4-9,11-12,14-15,28H,10,13H2,1-3H3/b17-14+/t15-/m1/s1. The second kappa shape index (κ2) is 8.22. The van der Waals surface area contributed by atoms with Gasteiger partial charge in [0.2, 0.25) is 0 Å². The summed E-state index contributed by atoms with van der Waals surface area (Å²) in [7, 11) is 3.26. The van der Waals surface area contributed by atoms with Gasteiger partial charge in [-0.05, 0) is 60.7 Å². The molecule has 1 aromatic heterocycles. The molecular formula is C25H24N2O4. The maximum atomic E-state index is 13.2. The van der Waals surface area contributed by atoms with Crippen molar-refractivity contribution in [1.29, 1.82) is 0 Å². The molecule has 0 unspecified atom stereocenters. The smallest absolute Gasteiger partial charge is 0.339 e. The average Bonchev–Trinajstić information content (AvgIpc) is 3.14. The van der Waals surface area contributed by atoms with Crippen LogP contribution in [0.5, 0.6) is 5.75 Å². The van der Waals surface area contributed by atoms with Crippen molar-refractivity contribution >= 4 is 34.4 Å². The number of hydrogen-bond acceptors (Lipinski definition) is 5. The molecule has 2 aromatic carbocycles. The molecule has 6 heteroatoms. The lowest BCUT2D eigenvalue weighted by Crippen LogP contribution is -2.35. The van der Waals surface area contributed by atoms with Gasteiger partial charge < -0.3 is 14.7 Å². The Morgan fingerprint density at radius 3 is 2.52 bits per heavy atom. The number of rotatable bonds is 4. The zero-order chi connectivity index (χ0) is 22.1. The van der Waals surface area contributed by atoms with Gasteiger partial charge in [0, 0.05) is 19.5 Å². The molecule has 31 heavy (non-hydrogen) atoms. The molecule has 1 heterocycles. The highest BCUT2D eigenvalue weighted by Crippen LogP contribution is 2.38. The van der Waals surface area contributed by atoms with E-state index in [0.717, 1.165) is 34.2 Å². The van der Waals surface area contributed by atoms with Gasteiger partial charge >= 0.3 is 5.97 Å². The first kappa shape index (κ1) is 20.6. The molecule has 1 amide bonds. The summed E-state index contributed by atoms with van der Waals surface area (Å²) in [5.74, 6) is -0.566. The van der Waals surface area contributed by atoms with Crippen LogP contribution in [0.15, 0.2) is 48.5 Å². The van der Waals surface area contributed by atoms with E-state index in [1.807, 2.05) is 42.5 Å². The van der Waals surface area contributed by atoms with E-state index >= 15 is 0 Å². The highest BCUT2D eigenvalue weighted by molar-refractivity contribution is 6.07. The number of carbonyl (C=O) groups is 2. The van der Waals surface area contributed by atoms with E-state index in [1.54, 1.807) is 33.2 Å². The Hall–Kier alpha value is -3.67. The van der Waals surface area contributed by atoms with E-state index in [4.69, 9.17) is 9.72 Å². The summed E-state index contributed by atoms with van der Waals surface area (Å²) in [5, 5.41) is 10.2. The highest BCUT2D eigenvalue weighted by atomic mass is 16.5. The topological polar surface area (TPSA) is 79.7 Å². The lowest BCUT2D eigenvalue weighted by atomic mass is 10.0. The van der Waals surface area contributed by atoms with Gasteiger partial charge in [0.1, 0.15) is 5.75 Å². The van der Waals surface area contributed by atoms with Crippen LogP contribution in [0.4, 0.5) is 0 Å². The molecule has 0 spiro atoms. The third kappa shape index (κ3) is 4.01. The summed E-state index contributed by atoms with van der Waals surface area (Å²) >= 11 is 0. The van der Waals surface area contributed by atoms with E-state index in [0.29, 0.717) is 17.5 Å². The molecule has 1 atom stereocenters. The molecule has 0 saturated carbocycles. The minimum absolute atomic E-state index is 0.213. The molecule has 6 nitrogen and oxygen atoms in total. The zero-order valence-corrected chi connectivity index (χ0v) is 17.8. The number of phenolic OH excluding ortho intramolecular Hbond substituents is 1. The number of likely N-dealkylation sites (N-methyl/N-ethyl adjacent to an activating group) is 1. The van der Waals surface area contributed by atoms with Gasteiger partial charge in [-0.15, -0.1) is 0 Å². The Morgan fingerprint density at radius 1 is 1.10 bits per heavy atom. The predicted octanol–water partition coefficient (Wildman–Crippen LogP) is 4.06. The van der Waals surface area contributed by atoms with E-state index < -0.39 is 12.1 Å². The van der Waals surface area contributed by atoms with Crippen LogP contribution in [0.1, 0.15) is 40.5 Å². The van der Waals surface area contributed by atoms with Crippen LogP contribution in [0.3, 0.4) is 0 Å². The number of nitrogens with zero attached hydrogens (tertiary/aromatic N) is 2.